The Morgan fingerprint density at radius 1 is 1.44 bits per heavy atom. The molecule has 1 saturated carbocycles. The van der Waals surface area contributed by atoms with Crippen molar-refractivity contribution in [3.05, 3.63) is 24.3 Å². The van der Waals surface area contributed by atoms with Crippen LogP contribution in [0.4, 0.5) is 5.69 Å². The molecule has 1 aliphatic rings. The van der Waals surface area contributed by atoms with Crippen LogP contribution in [0.25, 0.3) is 11.4 Å². The normalized spacial score (nSPS) is 16.5. The van der Waals surface area contributed by atoms with Crippen LogP contribution in [0.1, 0.15) is 26.2 Å². The highest BCUT2D eigenvalue weighted by Gasteiger charge is 2.29. The van der Waals surface area contributed by atoms with Crippen LogP contribution in [0.2, 0.25) is 0 Å². The summed E-state index contributed by atoms with van der Waals surface area (Å²) >= 11 is 0. The first-order chi connectivity index (χ1) is 8.86. The van der Waals surface area contributed by atoms with Gasteiger partial charge in [0, 0.05) is 17.3 Å². The average molecular weight is 243 g/mol. The maximum Gasteiger partial charge on any atom is 0.204 e. The fourth-order valence-electron chi connectivity index (χ4n) is 2.30. The Labute approximate surface area is 106 Å². The number of H-pyrrole nitrogens is 1. The number of tetrazole rings is 1. The van der Waals surface area contributed by atoms with Gasteiger partial charge in [-0.15, -0.1) is 10.2 Å². The van der Waals surface area contributed by atoms with Crippen LogP contribution >= 0.6 is 0 Å². The molecule has 2 aromatic rings. The molecule has 0 radical (unpaired) electrons. The van der Waals surface area contributed by atoms with Gasteiger partial charge in [-0.05, 0) is 42.5 Å². The fourth-order valence-corrected chi connectivity index (χ4v) is 2.30. The van der Waals surface area contributed by atoms with E-state index in [1.54, 1.807) is 0 Å². The SMILES string of the molecule is CCC(Nc1cccc(-c2nn[nH]n2)c1)C1CC1. The van der Waals surface area contributed by atoms with E-state index in [1.165, 1.54) is 12.8 Å². The second-order valence-electron chi connectivity index (χ2n) is 4.81. The smallest absolute Gasteiger partial charge is 0.204 e. The summed E-state index contributed by atoms with van der Waals surface area (Å²) in [6.07, 6.45) is 3.88. The summed E-state index contributed by atoms with van der Waals surface area (Å²) in [7, 11) is 0. The molecule has 1 atom stereocenters. The molecule has 0 amide bonds. The lowest BCUT2D eigenvalue weighted by Gasteiger charge is -2.17. The number of benzene rings is 1. The zero-order chi connectivity index (χ0) is 12.4. The molecular weight excluding hydrogens is 226 g/mol. The van der Waals surface area contributed by atoms with Crippen molar-refractivity contribution in [1.29, 1.82) is 0 Å². The molecule has 18 heavy (non-hydrogen) atoms. The molecular formula is C13H17N5. The van der Waals surface area contributed by atoms with E-state index in [0.29, 0.717) is 11.9 Å². The zero-order valence-corrected chi connectivity index (χ0v) is 10.4. The van der Waals surface area contributed by atoms with Crippen LogP contribution in [0, 0.1) is 5.92 Å². The van der Waals surface area contributed by atoms with Gasteiger partial charge in [0.1, 0.15) is 0 Å². The predicted octanol–water partition coefficient (Wildman–Crippen LogP) is 2.47. The van der Waals surface area contributed by atoms with Crippen LogP contribution in [0.5, 0.6) is 0 Å². The number of rotatable bonds is 5. The predicted molar refractivity (Wildman–Crippen MR) is 70.0 cm³/mol. The van der Waals surface area contributed by atoms with Gasteiger partial charge in [-0.2, -0.15) is 5.21 Å². The second kappa shape index (κ2) is 4.76. The first kappa shape index (κ1) is 11.2. The van der Waals surface area contributed by atoms with Crippen LogP contribution in [-0.2, 0) is 0 Å². The van der Waals surface area contributed by atoms with Gasteiger partial charge in [0.25, 0.3) is 0 Å². The van der Waals surface area contributed by atoms with Crippen molar-refractivity contribution in [2.75, 3.05) is 5.32 Å². The number of nitrogens with one attached hydrogen (secondary N) is 2. The number of aromatic amines is 1. The maximum absolute atomic E-state index is 4.00. The molecule has 0 saturated heterocycles. The molecule has 3 rings (SSSR count). The standard InChI is InChI=1S/C13H17N5/c1-2-12(9-6-7-9)14-11-5-3-4-10(8-11)13-15-17-18-16-13/h3-5,8-9,12,14H,2,6-7H2,1H3,(H,15,16,17,18). The third-order valence-corrected chi connectivity index (χ3v) is 3.45. The van der Waals surface area contributed by atoms with Crippen LogP contribution in [0.3, 0.4) is 0 Å². The molecule has 1 fully saturated rings. The molecule has 0 aliphatic heterocycles. The number of hydrogen-bond donors (Lipinski definition) is 2. The van der Waals surface area contributed by atoms with Gasteiger partial charge in [-0.25, -0.2) is 0 Å². The zero-order valence-electron chi connectivity index (χ0n) is 10.4. The van der Waals surface area contributed by atoms with Gasteiger partial charge in [-0.3, -0.25) is 0 Å². The summed E-state index contributed by atoms with van der Waals surface area (Å²) in [5.41, 5.74) is 2.12. The van der Waals surface area contributed by atoms with Crippen molar-refractivity contribution in [3.8, 4) is 11.4 Å². The van der Waals surface area contributed by atoms with E-state index in [0.717, 1.165) is 23.6 Å². The summed E-state index contributed by atoms with van der Waals surface area (Å²) in [4.78, 5) is 0. The Balaban J connectivity index is 1.78. The molecule has 1 unspecified atom stereocenters. The molecule has 5 heteroatoms. The second-order valence-corrected chi connectivity index (χ2v) is 4.81. The van der Waals surface area contributed by atoms with E-state index < -0.39 is 0 Å². The first-order valence-corrected chi connectivity index (χ1v) is 6.47. The minimum Gasteiger partial charge on any atom is -0.382 e. The molecule has 1 heterocycles. The lowest BCUT2D eigenvalue weighted by Crippen LogP contribution is -2.20. The van der Waals surface area contributed by atoms with Crippen molar-refractivity contribution in [3.63, 3.8) is 0 Å². The fraction of sp³-hybridized carbons (Fsp3) is 0.462. The van der Waals surface area contributed by atoms with Crippen LogP contribution < -0.4 is 5.32 Å². The summed E-state index contributed by atoms with van der Waals surface area (Å²) in [5, 5.41) is 17.7. The lowest BCUT2D eigenvalue weighted by atomic mass is 10.1. The van der Waals surface area contributed by atoms with E-state index in [-0.39, 0.29) is 0 Å². The Hall–Kier alpha value is -1.91. The van der Waals surface area contributed by atoms with E-state index in [2.05, 4.69) is 45.0 Å². The van der Waals surface area contributed by atoms with Crippen LogP contribution in [0.15, 0.2) is 24.3 Å². The van der Waals surface area contributed by atoms with Crippen molar-refractivity contribution in [2.24, 2.45) is 5.92 Å². The molecule has 2 N–H and O–H groups in total. The maximum atomic E-state index is 4.00. The van der Waals surface area contributed by atoms with Crippen molar-refractivity contribution in [2.45, 2.75) is 32.2 Å². The number of nitrogens with zero attached hydrogens (tertiary/aromatic N) is 3. The summed E-state index contributed by atoms with van der Waals surface area (Å²) in [6.45, 7) is 2.24. The Bertz CT molecular complexity index is 504. The molecule has 94 valence electrons. The molecule has 1 aliphatic carbocycles. The van der Waals surface area contributed by atoms with Gasteiger partial charge in [0.05, 0.1) is 0 Å². The van der Waals surface area contributed by atoms with Crippen LogP contribution in [-0.4, -0.2) is 26.7 Å². The monoisotopic (exact) mass is 243 g/mol. The van der Waals surface area contributed by atoms with Crippen molar-refractivity contribution >= 4 is 5.69 Å². The number of aromatic nitrogens is 4. The molecule has 5 nitrogen and oxygen atoms in total. The van der Waals surface area contributed by atoms with Gasteiger partial charge in [0.15, 0.2) is 0 Å². The minimum atomic E-state index is 0.588. The molecule has 0 spiro atoms. The highest BCUT2D eigenvalue weighted by atomic mass is 15.5. The minimum absolute atomic E-state index is 0.588. The molecule has 1 aromatic carbocycles. The van der Waals surface area contributed by atoms with E-state index in [4.69, 9.17) is 0 Å². The first-order valence-electron chi connectivity index (χ1n) is 6.47. The molecule has 1 aromatic heterocycles. The van der Waals surface area contributed by atoms with Gasteiger partial charge < -0.3 is 5.32 Å². The largest absolute Gasteiger partial charge is 0.382 e. The van der Waals surface area contributed by atoms with E-state index in [1.807, 2.05) is 12.1 Å². The Morgan fingerprint density at radius 3 is 3.00 bits per heavy atom. The summed E-state index contributed by atoms with van der Waals surface area (Å²) < 4.78 is 0. The highest BCUT2D eigenvalue weighted by Crippen LogP contribution is 2.35. The van der Waals surface area contributed by atoms with Gasteiger partial charge >= 0.3 is 0 Å². The number of hydrogen-bond acceptors (Lipinski definition) is 4. The number of anilines is 1. The van der Waals surface area contributed by atoms with E-state index in [9.17, 15) is 0 Å². The van der Waals surface area contributed by atoms with E-state index >= 15 is 0 Å². The van der Waals surface area contributed by atoms with Gasteiger partial charge in [-0.1, -0.05) is 19.1 Å². The third kappa shape index (κ3) is 2.34. The quantitative estimate of drug-likeness (QED) is 0.846. The average Bonchev–Trinajstić information content (AvgIpc) is 3.10. The Morgan fingerprint density at radius 2 is 2.33 bits per heavy atom. The third-order valence-electron chi connectivity index (χ3n) is 3.45. The van der Waals surface area contributed by atoms with Gasteiger partial charge in [0.2, 0.25) is 5.82 Å². The van der Waals surface area contributed by atoms with Crippen molar-refractivity contribution < 1.29 is 0 Å². The highest BCUT2D eigenvalue weighted by molar-refractivity contribution is 5.62. The summed E-state index contributed by atoms with van der Waals surface area (Å²) in [6, 6.07) is 8.78. The van der Waals surface area contributed by atoms with Crippen molar-refractivity contribution in [1.82, 2.24) is 20.6 Å². The lowest BCUT2D eigenvalue weighted by molar-refractivity contribution is 0.616. The Kier molecular flexibility index (Phi) is 2.96. The topological polar surface area (TPSA) is 66.5 Å². The summed E-state index contributed by atoms with van der Waals surface area (Å²) in [5.74, 6) is 1.49. The molecule has 0 bridgehead atoms.